The maximum Gasteiger partial charge on any atom is 0.213 e. The van der Waals surface area contributed by atoms with E-state index in [-0.39, 0.29) is 11.0 Å². The molecule has 0 saturated heterocycles. The molecule has 0 aliphatic heterocycles. The third-order valence-electron chi connectivity index (χ3n) is 11.1. The smallest absolute Gasteiger partial charge is 0.213 e. The molecule has 0 heterocycles. The van der Waals surface area contributed by atoms with Gasteiger partial charge in [-0.2, -0.15) is 0 Å². The Bertz CT molecular complexity index is 632. The Morgan fingerprint density at radius 2 is 1.60 bits per heavy atom. The second-order valence-electron chi connectivity index (χ2n) is 12.9. The predicted molar refractivity (Wildman–Crippen MR) is 124 cm³/mol. The van der Waals surface area contributed by atoms with E-state index >= 15 is 0 Å². The predicted octanol–water partition coefficient (Wildman–Crippen LogP) is 7.75. The van der Waals surface area contributed by atoms with Crippen molar-refractivity contribution in [2.75, 3.05) is 0 Å². The van der Waals surface area contributed by atoms with Crippen LogP contribution in [0.5, 0.6) is 0 Å². The van der Waals surface area contributed by atoms with E-state index in [0.29, 0.717) is 16.7 Å². The summed E-state index contributed by atoms with van der Waals surface area (Å²) in [5, 5.41) is 11.4. The van der Waals surface area contributed by atoms with Crippen molar-refractivity contribution in [3.05, 3.63) is 10.1 Å². The molecule has 0 aromatic rings. The lowest BCUT2D eigenvalue weighted by Gasteiger charge is -2.60. The Labute approximate surface area is 185 Å². The van der Waals surface area contributed by atoms with Crippen LogP contribution >= 0.6 is 0 Å². The number of hydrogen-bond donors (Lipinski definition) is 0. The van der Waals surface area contributed by atoms with Gasteiger partial charge in [0, 0.05) is 17.8 Å². The van der Waals surface area contributed by atoms with Crippen LogP contribution in [0.3, 0.4) is 0 Å². The van der Waals surface area contributed by atoms with Crippen molar-refractivity contribution < 1.29 is 4.92 Å². The van der Waals surface area contributed by atoms with Gasteiger partial charge in [0.05, 0.1) is 0 Å². The molecule has 4 saturated carbocycles. The van der Waals surface area contributed by atoms with E-state index in [2.05, 4.69) is 34.6 Å². The van der Waals surface area contributed by atoms with E-state index in [9.17, 15) is 10.1 Å². The number of fused-ring (bicyclic) bond motifs is 5. The lowest BCUT2D eigenvalue weighted by molar-refractivity contribution is -0.531. The van der Waals surface area contributed by atoms with Gasteiger partial charge < -0.3 is 0 Å². The van der Waals surface area contributed by atoms with Crippen molar-refractivity contribution in [1.29, 1.82) is 0 Å². The molecule has 4 rings (SSSR count). The third kappa shape index (κ3) is 3.75. The molecule has 30 heavy (non-hydrogen) atoms. The van der Waals surface area contributed by atoms with Crippen molar-refractivity contribution in [2.45, 2.75) is 118 Å². The fourth-order valence-electron chi connectivity index (χ4n) is 9.45. The first-order valence-electron chi connectivity index (χ1n) is 13.3. The van der Waals surface area contributed by atoms with Crippen molar-refractivity contribution in [3.8, 4) is 0 Å². The topological polar surface area (TPSA) is 43.1 Å². The molecule has 0 amide bonds. The second-order valence-corrected chi connectivity index (χ2v) is 12.9. The van der Waals surface area contributed by atoms with Crippen molar-refractivity contribution in [3.63, 3.8) is 0 Å². The number of nitro groups is 1. The Morgan fingerprint density at radius 1 is 0.900 bits per heavy atom. The van der Waals surface area contributed by atoms with Crippen LogP contribution in [0.2, 0.25) is 0 Å². The van der Waals surface area contributed by atoms with Gasteiger partial charge in [-0.3, -0.25) is 10.1 Å². The Kier molecular flexibility index (Phi) is 6.32. The highest BCUT2D eigenvalue weighted by Gasteiger charge is 2.61. The van der Waals surface area contributed by atoms with Gasteiger partial charge in [0.15, 0.2) is 0 Å². The molecular weight excluding hydrogens is 370 g/mol. The fraction of sp³-hybridized carbons (Fsp3) is 1.00. The normalized spacial score (nSPS) is 46.7. The average Bonchev–Trinajstić information content (AvgIpc) is 3.04. The van der Waals surface area contributed by atoms with E-state index in [1.807, 2.05) is 0 Å². The van der Waals surface area contributed by atoms with Crippen LogP contribution in [0.25, 0.3) is 0 Å². The quantitative estimate of drug-likeness (QED) is 0.327. The molecule has 4 fully saturated rings. The number of nitrogens with zero attached hydrogens (tertiary/aromatic N) is 1. The fourth-order valence-corrected chi connectivity index (χ4v) is 9.45. The first-order valence-corrected chi connectivity index (χ1v) is 13.3. The summed E-state index contributed by atoms with van der Waals surface area (Å²) in [5.41, 5.74) is 0.928. The van der Waals surface area contributed by atoms with Crippen LogP contribution in [-0.4, -0.2) is 11.0 Å². The minimum atomic E-state index is -0.268. The van der Waals surface area contributed by atoms with Crippen LogP contribution in [0.1, 0.15) is 112 Å². The zero-order valence-corrected chi connectivity index (χ0v) is 20.4. The Hall–Kier alpha value is -0.600. The highest BCUT2D eigenvalue weighted by molar-refractivity contribution is 5.09. The van der Waals surface area contributed by atoms with E-state index in [0.717, 1.165) is 54.8 Å². The first-order chi connectivity index (χ1) is 14.2. The monoisotopic (exact) mass is 417 g/mol. The average molecular weight is 418 g/mol. The van der Waals surface area contributed by atoms with Crippen molar-refractivity contribution in [1.82, 2.24) is 0 Å². The minimum absolute atomic E-state index is 0.0197. The van der Waals surface area contributed by atoms with E-state index in [4.69, 9.17) is 0 Å². The maximum absolute atomic E-state index is 11.4. The highest BCUT2D eigenvalue weighted by atomic mass is 16.6. The number of hydrogen-bond acceptors (Lipinski definition) is 2. The van der Waals surface area contributed by atoms with Crippen LogP contribution in [0, 0.1) is 62.4 Å². The van der Waals surface area contributed by atoms with Gasteiger partial charge in [0.25, 0.3) is 0 Å². The lowest BCUT2D eigenvalue weighted by atomic mass is 9.44. The van der Waals surface area contributed by atoms with Crippen LogP contribution < -0.4 is 0 Å². The molecule has 0 N–H and O–H groups in total. The molecule has 0 bridgehead atoms. The minimum Gasteiger partial charge on any atom is -0.264 e. The van der Waals surface area contributed by atoms with Gasteiger partial charge >= 0.3 is 0 Å². The van der Waals surface area contributed by atoms with Crippen LogP contribution in [0.15, 0.2) is 0 Å². The van der Waals surface area contributed by atoms with Gasteiger partial charge in [-0.05, 0) is 97.2 Å². The lowest BCUT2D eigenvalue weighted by Crippen LogP contribution is -2.54. The first kappa shape index (κ1) is 22.6. The summed E-state index contributed by atoms with van der Waals surface area (Å²) >= 11 is 0. The summed E-state index contributed by atoms with van der Waals surface area (Å²) in [4.78, 5) is 11.4. The molecule has 3 heteroatoms. The zero-order chi connectivity index (χ0) is 21.7. The van der Waals surface area contributed by atoms with Crippen LogP contribution in [-0.2, 0) is 0 Å². The highest BCUT2D eigenvalue weighted by Crippen LogP contribution is 2.68. The second kappa shape index (κ2) is 8.39. The molecule has 0 aromatic heterocycles. The van der Waals surface area contributed by atoms with E-state index in [1.54, 1.807) is 0 Å². The largest absolute Gasteiger partial charge is 0.264 e. The maximum atomic E-state index is 11.4. The van der Waals surface area contributed by atoms with Gasteiger partial charge in [-0.1, -0.05) is 53.9 Å². The molecule has 0 spiro atoms. The third-order valence-corrected chi connectivity index (χ3v) is 11.1. The van der Waals surface area contributed by atoms with Gasteiger partial charge in [-0.25, -0.2) is 0 Å². The molecule has 9 unspecified atom stereocenters. The molecular formula is C27H47NO2. The van der Waals surface area contributed by atoms with Crippen LogP contribution in [0.4, 0.5) is 0 Å². The van der Waals surface area contributed by atoms with Gasteiger partial charge in [0.1, 0.15) is 0 Å². The Morgan fingerprint density at radius 3 is 2.30 bits per heavy atom. The molecule has 0 radical (unpaired) electrons. The van der Waals surface area contributed by atoms with Gasteiger partial charge in [-0.15, -0.1) is 0 Å². The molecule has 4 aliphatic rings. The summed E-state index contributed by atoms with van der Waals surface area (Å²) in [7, 11) is 0. The molecule has 172 valence electrons. The summed E-state index contributed by atoms with van der Waals surface area (Å²) in [6.07, 6.45) is 15.3. The zero-order valence-electron chi connectivity index (χ0n) is 20.4. The SMILES string of the molecule is CC(C)CCCC(C)C1CCC2C3CCC4CC([N+](=O)[O-])CCC4(C)C3CCC12C. The van der Waals surface area contributed by atoms with Crippen molar-refractivity contribution >= 4 is 0 Å². The van der Waals surface area contributed by atoms with Gasteiger partial charge in [0.2, 0.25) is 6.04 Å². The standard InChI is InChI=1S/C27H47NO2/c1-18(2)7-6-8-19(3)23-11-12-24-22-10-9-20-17-21(28(29)30)13-15-26(20,4)25(22)14-16-27(23,24)5/h18-25H,6-17H2,1-5H3. The summed E-state index contributed by atoms with van der Waals surface area (Å²) < 4.78 is 0. The van der Waals surface area contributed by atoms with E-state index in [1.165, 1.54) is 57.8 Å². The summed E-state index contributed by atoms with van der Waals surface area (Å²) in [6.45, 7) is 12.5. The van der Waals surface area contributed by atoms with E-state index < -0.39 is 0 Å². The number of rotatable bonds is 6. The summed E-state index contributed by atoms with van der Waals surface area (Å²) in [6, 6.07) is -0.268. The molecule has 9 atom stereocenters. The Balaban J connectivity index is 1.45. The molecule has 0 aromatic carbocycles. The molecule has 4 aliphatic carbocycles. The summed E-state index contributed by atoms with van der Waals surface area (Å²) in [5.74, 6) is 5.87. The van der Waals surface area contributed by atoms with Crippen molar-refractivity contribution in [2.24, 2.45) is 52.3 Å². The molecule has 3 nitrogen and oxygen atoms in total.